The second-order valence-corrected chi connectivity index (χ2v) is 7.10. The van der Waals surface area contributed by atoms with Crippen LogP contribution in [0.15, 0.2) is 29.3 Å². The van der Waals surface area contributed by atoms with Crippen molar-refractivity contribution in [3.63, 3.8) is 0 Å². The summed E-state index contributed by atoms with van der Waals surface area (Å²) in [6.07, 6.45) is 1.08. The van der Waals surface area contributed by atoms with Crippen LogP contribution in [0.3, 0.4) is 0 Å². The standard InChI is InChI=1S/C22H37N5O2/c1-4-23-22(24-12-7-13-26-14-16-29-17-15-26)25-18-19-8-10-20(11-9-19)21(28)27(5-2)6-3/h8-11H,4-7,12-18H2,1-3H3,(H2,23,24,25). The van der Waals surface area contributed by atoms with Gasteiger partial charge in [-0.05, 0) is 51.4 Å². The van der Waals surface area contributed by atoms with E-state index in [0.29, 0.717) is 6.54 Å². The van der Waals surface area contributed by atoms with Gasteiger partial charge >= 0.3 is 0 Å². The van der Waals surface area contributed by atoms with Crippen LogP contribution >= 0.6 is 0 Å². The molecular formula is C22H37N5O2. The molecule has 0 bridgehead atoms. The van der Waals surface area contributed by atoms with E-state index in [4.69, 9.17) is 4.74 Å². The molecule has 0 radical (unpaired) electrons. The summed E-state index contributed by atoms with van der Waals surface area (Å²) in [5.41, 5.74) is 1.82. The third kappa shape index (κ3) is 8.03. The van der Waals surface area contributed by atoms with Crippen molar-refractivity contribution in [2.45, 2.75) is 33.7 Å². The molecular weight excluding hydrogens is 366 g/mol. The zero-order chi connectivity index (χ0) is 20.9. The quantitative estimate of drug-likeness (QED) is 0.355. The van der Waals surface area contributed by atoms with E-state index in [-0.39, 0.29) is 5.91 Å². The molecule has 0 spiro atoms. The Kier molecular flexibility index (Phi) is 10.5. The van der Waals surface area contributed by atoms with Gasteiger partial charge in [-0.2, -0.15) is 0 Å². The van der Waals surface area contributed by atoms with Gasteiger partial charge in [0.05, 0.1) is 19.8 Å². The molecule has 1 fully saturated rings. The summed E-state index contributed by atoms with van der Waals surface area (Å²) in [6.45, 7) is 14.6. The fourth-order valence-electron chi connectivity index (χ4n) is 3.29. The summed E-state index contributed by atoms with van der Waals surface area (Å²) < 4.78 is 5.39. The number of nitrogens with one attached hydrogen (secondary N) is 2. The highest BCUT2D eigenvalue weighted by molar-refractivity contribution is 5.94. The normalized spacial score (nSPS) is 15.2. The van der Waals surface area contributed by atoms with Gasteiger partial charge in [-0.1, -0.05) is 12.1 Å². The van der Waals surface area contributed by atoms with Gasteiger partial charge in [-0.25, -0.2) is 4.99 Å². The molecule has 7 nitrogen and oxygen atoms in total. The first-order valence-corrected chi connectivity index (χ1v) is 10.9. The van der Waals surface area contributed by atoms with Crippen molar-refractivity contribution in [2.75, 3.05) is 59.0 Å². The maximum absolute atomic E-state index is 12.4. The Morgan fingerprint density at radius 3 is 2.41 bits per heavy atom. The lowest BCUT2D eigenvalue weighted by molar-refractivity contribution is 0.0376. The van der Waals surface area contributed by atoms with Crippen LogP contribution in [0.25, 0.3) is 0 Å². The molecule has 2 rings (SSSR count). The topological polar surface area (TPSA) is 69.2 Å². The van der Waals surface area contributed by atoms with E-state index in [1.165, 1.54) is 0 Å². The van der Waals surface area contributed by atoms with Crippen molar-refractivity contribution in [1.29, 1.82) is 0 Å². The Balaban J connectivity index is 1.81. The molecule has 1 aromatic carbocycles. The Labute approximate surface area is 175 Å². The molecule has 0 atom stereocenters. The number of ether oxygens (including phenoxy) is 1. The van der Waals surface area contributed by atoms with Crippen molar-refractivity contribution in [3.05, 3.63) is 35.4 Å². The van der Waals surface area contributed by atoms with Crippen molar-refractivity contribution in [3.8, 4) is 0 Å². The van der Waals surface area contributed by atoms with E-state index in [1.807, 2.05) is 43.0 Å². The monoisotopic (exact) mass is 403 g/mol. The summed E-state index contributed by atoms with van der Waals surface area (Å²) in [5.74, 6) is 0.915. The van der Waals surface area contributed by atoms with E-state index >= 15 is 0 Å². The smallest absolute Gasteiger partial charge is 0.253 e. The second-order valence-electron chi connectivity index (χ2n) is 7.10. The molecule has 0 saturated carbocycles. The summed E-state index contributed by atoms with van der Waals surface area (Å²) in [5, 5.41) is 6.71. The fraction of sp³-hybridized carbons (Fsp3) is 0.636. The summed E-state index contributed by atoms with van der Waals surface area (Å²) in [4.78, 5) is 21.3. The summed E-state index contributed by atoms with van der Waals surface area (Å²) >= 11 is 0. The number of aliphatic imine (C=N–C) groups is 1. The Morgan fingerprint density at radius 1 is 1.10 bits per heavy atom. The molecule has 7 heteroatoms. The van der Waals surface area contributed by atoms with Gasteiger partial charge in [0.1, 0.15) is 0 Å². The molecule has 0 aromatic heterocycles. The molecule has 29 heavy (non-hydrogen) atoms. The number of morpholine rings is 1. The van der Waals surface area contributed by atoms with E-state index in [2.05, 4.69) is 27.4 Å². The van der Waals surface area contributed by atoms with E-state index < -0.39 is 0 Å². The average Bonchev–Trinajstić information content (AvgIpc) is 2.76. The first kappa shape index (κ1) is 23.2. The maximum Gasteiger partial charge on any atom is 0.253 e. The highest BCUT2D eigenvalue weighted by atomic mass is 16.5. The number of hydrogen-bond donors (Lipinski definition) is 2. The minimum Gasteiger partial charge on any atom is -0.379 e. The van der Waals surface area contributed by atoms with Crippen LogP contribution < -0.4 is 10.6 Å². The van der Waals surface area contributed by atoms with Crippen LogP contribution in [0.1, 0.15) is 43.1 Å². The molecule has 1 aliphatic rings. The molecule has 0 unspecified atom stereocenters. The molecule has 1 amide bonds. The SMILES string of the molecule is CCNC(=NCc1ccc(C(=O)N(CC)CC)cc1)NCCCN1CCOCC1. The van der Waals surface area contributed by atoms with Crippen LogP contribution in [-0.4, -0.2) is 80.7 Å². The van der Waals surface area contributed by atoms with Crippen molar-refractivity contribution in [1.82, 2.24) is 20.4 Å². The van der Waals surface area contributed by atoms with Crippen molar-refractivity contribution >= 4 is 11.9 Å². The van der Waals surface area contributed by atoms with E-state index in [0.717, 1.165) is 82.5 Å². The number of benzene rings is 1. The largest absolute Gasteiger partial charge is 0.379 e. The van der Waals surface area contributed by atoms with Gasteiger partial charge in [-0.3, -0.25) is 9.69 Å². The van der Waals surface area contributed by atoms with Gasteiger partial charge in [0, 0.05) is 44.8 Å². The van der Waals surface area contributed by atoms with E-state index in [1.54, 1.807) is 0 Å². The van der Waals surface area contributed by atoms with Gasteiger partial charge in [0.2, 0.25) is 0 Å². The lowest BCUT2D eigenvalue weighted by atomic mass is 10.1. The van der Waals surface area contributed by atoms with Gasteiger partial charge < -0.3 is 20.3 Å². The lowest BCUT2D eigenvalue weighted by Crippen LogP contribution is -2.40. The highest BCUT2D eigenvalue weighted by Crippen LogP contribution is 2.09. The molecule has 162 valence electrons. The third-order valence-electron chi connectivity index (χ3n) is 5.06. The minimum absolute atomic E-state index is 0.0836. The zero-order valence-corrected chi connectivity index (χ0v) is 18.2. The lowest BCUT2D eigenvalue weighted by Gasteiger charge is -2.26. The third-order valence-corrected chi connectivity index (χ3v) is 5.06. The predicted octanol–water partition coefficient (Wildman–Crippen LogP) is 1.95. The first-order chi connectivity index (χ1) is 14.2. The molecule has 1 heterocycles. The zero-order valence-electron chi connectivity index (χ0n) is 18.2. The number of hydrogen-bond acceptors (Lipinski definition) is 4. The van der Waals surface area contributed by atoms with Crippen molar-refractivity contribution in [2.24, 2.45) is 4.99 Å². The summed E-state index contributed by atoms with van der Waals surface area (Å²) in [6, 6.07) is 7.77. The molecule has 0 aliphatic carbocycles. The van der Waals surface area contributed by atoms with Gasteiger partial charge in [-0.15, -0.1) is 0 Å². The van der Waals surface area contributed by atoms with Crippen LogP contribution in [0.2, 0.25) is 0 Å². The first-order valence-electron chi connectivity index (χ1n) is 10.9. The van der Waals surface area contributed by atoms with Crippen molar-refractivity contribution < 1.29 is 9.53 Å². The Hall–Kier alpha value is -2.12. The van der Waals surface area contributed by atoms with Crippen LogP contribution in [0.5, 0.6) is 0 Å². The van der Waals surface area contributed by atoms with Crippen LogP contribution in [0.4, 0.5) is 0 Å². The summed E-state index contributed by atoms with van der Waals surface area (Å²) in [7, 11) is 0. The number of carbonyl (C=O) groups is 1. The number of carbonyl (C=O) groups excluding carboxylic acids is 1. The second kappa shape index (κ2) is 13.2. The fourth-order valence-corrected chi connectivity index (χ4v) is 3.29. The molecule has 1 aromatic rings. The number of rotatable bonds is 10. The highest BCUT2D eigenvalue weighted by Gasteiger charge is 2.12. The number of nitrogens with zero attached hydrogens (tertiary/aromatic N) is 3. The Morgan fingerprint density at radius 2 is 1.79 bits per heavy atom. The van der Waals surface area contributed by atoms with E-state index in [9.17, 15) is 4.79 Å². The molecule has 1 aliphatic heterocycles. The molecule has 2 N–H and O–H groups in total. The number of amides is 1. The predicted molar refractivity (Wildman–Crippen MR) is 118 cm³/mol. The number of guanidine groups is 1. The average molecular weight is 404 g/mol. The minimum atomic E-state index is 0.0836. The maximum atomic E-state index is 12.4. The van der Waals surface area contributed by atoms with Crippen LogP contribution in [0, 0.1) is 0 Å². The van der Waals surface area contributed by atoms with Gasteiger partial charge in [0.25, 0.3) is 5.91 Å². The molecule has 1 saturated heterocycles. The van der Waals surface area contributed by atoms with Crippen LogP contribution in [-0.2, 0) is 11.3 Å². The van der Waals surface area contributed by atoms with Gasteiger partial charge in [0.15, 0.2) is 5.96 Å². The Bertz CT molecular complexity index is 623.